The van der Waals surface area contributed by atoms with Crippen molar-refractivity contribution in [3.8, 4) is 33.8 Å². The topological polar surface area (TPSA) is 38.7 Å². The van der Waals surface area contributed by atoms with Gasteiger partial charge < -0.3 is 0 Å². The van der Waals surface area contributed by atoms with Gasteiger partial charge in [-0.25, -0.2) is 15.0 Å². The first-order valence-corrected chi connectivity index (χ1v) is 10.1. The zero-order valence-electron chi connectivity index (χ0n) is 15.5. The molecule has 0 radical (unpaired) electrons. The van der Waals surface area contributed by atoms with E-state index >= 15 is 0 Å². The highest BCUT2D eigenvalue weighted by molar-refractivity contribution is 9.10. The van der Waals surface area contributed by atoms with Crippen LogP contribution in [0.1, 0.15) is 0 Å². The number of rotatable bonds is 3. The highest BCUT2D eigenvalue weighted by atomic mass is 79.9. The lowest BCUT2D eigenvalue weighted by atomic mass is 10.0. The predicted molar refractivity (Wildman–Crippen MR) is 121 cm³/mol. The maximum absolute atomic E-state index is 4.91. The average molecular weight is 438 g/mol. The van der Waals surface area contributed by atoms with Gasteiger partial charge in [0.25, 0.3) is 0 Å². The minimum absolute atomic E-state index is 0.666. The van der Waals surface area contributed by atoms with Crippen LogP contribution in [0.5, 0.6) is 0 Å². The molecule has 0 aliphatic carbocycles. The first-order valence-electron chi connectivity index (χ1n) is 9.32. The lowest BCUT2D eigenvalue weighted by Gasteiger charge is -2.10. The van der Waals surface area contributed by atoms with Crippen molar-refractivity contribution >= 4 is 27.0 Å². The summed E-state index contributed by atoms with van der Waals surface area (Å²) in [7, 11) is 0. The van der Waals surface area contributed by atoms with E-state index in [1.54, 1.807) is 6.20 Å². The summed E-state index contributed by atoms with van der Waals surface area (Å²) in [6.07, 6.45) is 1.77. The van der Waals surface area contributed by atoms with E-state index in [1.807, 2.05) is 42.5 Å². The molecule has 5 aromatic rings. The van der Waals surface area contributed by atoms with Crippen molar-refractivity contribution in [2.75, 3.05) is 0 Å². The van der Waals surface area contributed by atoms with Gasteiger partial charge in [-0.3, -0.25) is 0 Å². The minimum Gasteiger partial charge on any atom is -0.236 e. The highest BCUT2D eigenvalue weighted by Gasteiger charge is 2.12. The van der Waals surface area contributed by atoms with Gasteiger partial charge in [-0.1, -0.05) is 82.7 Å². The van der Waals surface area contributed by atoms with Gasteiger partial charge in [0.15, 0.2) is 11.5 Å². The van der Waals surface area contributed by atoms with Gasteiger partial charge >= 0.3 is 0 Å². The van der Waals surface area contributed by atoms with Crippen LogP contribution < -0.4 is 0 Å². The molecule has 138 valence electrons. The van der Waals surface area contributed by atoms with E-state index in [1.165, 1.54) is 11.1 Å². The first-order chi connectivity index (χ1) is 14.3. The molecule has 0 aliphatic heterocycles. The second-order valence-corrected chi connectivity index (χ2v) is 7.64. The molecule has 3 aromatic carbocycles. The minimum atomic E-state index is 0.666. The maximum Gasteiger partial charge on any atom is 0.163 e. The van der Waals surface area contributed by atoms with Crippen molar-refractivity contribution in [3.05, 3.63) is 102 Å². The van der Waals surface area contributed by atoms with Gasteiger partial charge in [0.05, 0.1) is 5.69 Å². The normalized spacial score (nSPS) is 10.9. The van der Waals surface area contributed by atoms with E-state index in [9.17, 15) is 0 Å². The number of pyridine rings is 1. The Hall–Kier alpha value is -3.37. The molecule has 29 heavy (non-hydrogen) atoms. The summed E-state index contributed by atoms with van der Waals surface area (Å²) in [5.41, 5.74) is 5.95. The molecule has 0 saturated heterocycles. The Bertz CT molecular complexity index is 1300. The lowest BCUT2D eigenvalue weighted by Crippen LogP contribution is -1.96. The molecule has 0 atom stereocenters. The number of benzene rings is 3. The maximum atomic E-state index is 4.91. The lowest BCUT2D eigenvalue weighted by molar-refractivity contribution is 1.19. The van der Waals surface area contributed by atoms with Gasteiger partial charge in [0, 0.05) is 27.2 Å². The SMILES string of the molecule is Brc1cccc(-c2nc(-c3ccc(-c4ccccc4)cc3)c3cccnc3n2)c1. The first kappa shape index (κ1) is 17.7. The molecule has 3 nitrogen and oxygen atoms in total. The Morgan fingerprint density at radius 1 is 0.586 bits per heavy atom. The predicted octanol–water partition coefficient (Wildman–Crippen LogP) is 6.79. The van der Waals surface area contributed by atoms with Gasteiger partial charge in [-0.15, -0.1) is 0 Å². The van der Waals surface area contributed by atoms with Gasteiger partial charge in [0.2, 0.25) is 0 Å². The summed E-state index contributed by atoms with van der Waals surface area (Å²) < 4.78 is 0.994. The number of hydrogen-bond donors (Lipinski definition) is 0. The van der Waals surface area contributed by atoms with Crippen LogP contribution in [0.15, 0.2) is 102 Å². The van der Waals surface area contributed by atoms with E-state index in [0.717, 1.165) is 26.7 Å². The van der Waals surface area contributed by atoms with Crippen molar-refractivity contribution in [3.63, 3.8) is 0 Å². The summed E-state index contributed by atoms with van der Waals surface area (Å²) in [4.78, 5) is 14.1. The molecule has 5 rings (SSSR count). The number of nitrogens with zero attached hydrogens (tertiary/aromatic N) is 3. The number of aromatic nitrogens is 3. The van der Waals surface area contributed by atoms with E-state index in [-0.39, 0.29) is 0 Å². The quantitative estimate of drug-likeness (QED) is 0.311. The molecule has 2 aromatic heterocycles. The van der Waals surface area contributed by atoms with Crippen LogP contribution in [-0.4, -0.2) is 15.0 Å². The van der Waals surface area contributed by atoms with Crippen LogP contribution >= 0.6 is 15.9 Å². The fraction of sp³-hybridized carbons (Fsp3) is 0. The molecule has 0 saturated carbocycles. The van der Waals surface area contributed by atoms with Crippen LogP contribution in [0, 0.1) is 0 Å². The molecule has 0 aliphatic rings. The molecule has 0 fully saturated rings. The fourth-order valence-electron chi connectivity index (χ4n) is 3.39. The Balaban J connectivity index is 1.66. The fourth-order valence-corrected chi connectivity index (χ4v) is 3.79. The molecule has 0 spiro atoms. The van der Waals surface area contributed by atoms with Gasteiger partial charge in [-0.2, -0.15) is 0 Å². The summed E-state index contributed by atoms with van der Waals surface area (Å²) >= 11 is 3.53. The highest BCUT2D eigenvalue weighted by Crippen LogP contribution is 2.30. The third-order valence-corrected chi connectivity index (χ3v) is 5.31. The summed E-state index contributed by atoms with van der Waals surface area (Å²) in [5.74, 6) is 0.666. The van der Waals surface area contributed by atoms with Crippen molar-refractivity contribution in [2.45, 2.75) is 0 Å². The second kappa shape index (κ2) is 7.57. The molecular formula is C25H16BrN3. The molecule has 0 N–H and O–H groups in total. The van der Waals surface area contributed by atoms with Crippen molar-refractivity contribution in [1.82, 2.24) is 15.0 Å². The summed E-state index contributed by atoms with van der Waals surface area (Å²) in [6.45, 7) is 0. The number of hydrogen-bond acceptors (Lipinski definition) is 3. The summed E-state index contributed by atoms with van der Waals surface area (Å²) in [5, 5.41) is 0.943. The van der Waals surface area contributed by atoms with E-state index in [4.69, 9.17) is 9.97 Å². The standard InChI is InChI=1S/C25H16BrN3/c26-21-9-4-8-20(16-21)24-28-23(22-10-5-15-27-25(22)29-24)19-13-11-18(12-14-19)17-6-2-1-3-7-17/h1-16H. The zero-order valence-corrected chi connectivity index (χ0v) is 17.0. The zero-order chi connectivity index (χ0) is 19.6. The van der Waals surface area contributed by atoms with Gasteiger partial charge in [-0.05, 0) is 35.4 Å². The molecule has 4 heteroatoms. The van der Waals surface area contributed by atoms with E-state index in [2.05, 4.69) is 69.4 Å². The number of halogens is 1. The summed E-state index contributed by atoms with van der Waals surface area (Å²) in [6, 6.07) is 30.8. The molecule has 0 bridgehead atoms. The Morgan fingerprint density at radius 2 is 1.31 bits per heavy atom. The van der Waals surface area contributed by atoms with E-state index in [0.29, 0.717) is 11.5 Å². The molecule has 2 heterocycles. The number of fused-ring (bicyclic) bond motifs is 1. The van der Waals surface area contributed by atoms with Crippen molar-refractivity contribution in [1.29, 1.82) is 0 Å². The molecule has 0 unspecified atom stereocenters. The van der Waals surface area contributed by atoms with Crippen LogP contribution in [0.2, 0.25) is 0 Å². The van der Waals surface area contributed by atoms with Crippen LogP contribution in [-0.2, 0) is 0 Å². The average Bonchev–Trinajstić information content (AvgIpc) is 2.79. The van der Waals surface area contributed by atoms with Crippen LogP contribution in [0.4, 0.5) is 0 Å². The Kier molecular flexibility index (Phi) is 4.62. The van der Waals surface area contributed by atoms with Gasteiger partial charge in [0.1, 0.15) is 0 Å². The smallest absolute Gasteiger partial charge is 0.163 e. The van der Waals surface area contributed by atoms with E-state index < -0.39 is 0 Å². The monoisotopic (exact) mass is 437 g/mol. The van der Waals surface area contributed by atoms with Crippen LogP contribution in [0.25, 0.3) is 44.8 Å². The molecule has 0 amide bonds. The van der Waals surface area contributed by atoms with Crippen LogP contribution in [0.3, 0.4) is 0 Å². The Morgan fingerprint density at radius 3 is 2.10 bits per heavy atom. The van der Waals surface area contributed by atoms with Crippen molar-refractivity contribution < 1.29 is 0 Å². The third-order valence-electron chi connectivity index (χ3n) is 4.82. The molecular weight excluding hydrogens is 422 g/mol. The largest absolute Gasteiger partial charge is 0.236 e. The third kappa shape index (κ3) is 3.55. The Labute approximate surface area is 177 Å². The second-order valence-electron chi connectivity index (χ2n) is 6.72. The van der Waals surface area contributed by atoms with Crippen molar-refractivity contribution in [2.24, 2.45) is 0 Å².